The molecule has 2 aliphatic carbocycles. The molecule has 8 rings (SSSR count). The Morgan fingerprint density at radius 3 is 1.05 bits per heavy atom. The van der Waals surface area contributed by atoms with E-state index in [1.807, 2.05) is 97.1 Å². The number of Topliss-reactive ketones (excluding diaryl/α,β-unsaturated/α-hetero) is 4. The van der Waals surface area contributed by atoms with Gasteiger partial charge in [0, 0.05) is 22.3 Å². The summed E-state index contributed by atoms with van der Waals surface area (Å²) in [5, 5.41) is 3.65. The molecule has 6 aromatic rings. The molecule has 0 unspecified atom stereocenters. The maximum absolute atomic E-state index is 12.4. The first-order valence-corrected chi connectivity index (χ1v) is 12.9. The third-order valence-electron chi connectivity index (χ3n) is 7.65. The zero-order chi connectivity index (χ0) is 27.4. The fraction of sp³-hybridized carbons (Fsp3) is 0. The number of hydrogen-bond donors (Lipinski definition) is 0. The van der Waals surface area contributed by atoms with Gasteiger partial charge >= 0.3 is 0 Å². The Bertz CT molecular complexity index is 1930. The number of ketones is 4. The fourth-order valence-electron chi connectivity index (χ4n) is 5.78. The molecule has 4 nitrogen and oxygen atoms in total. The Balaban J connectivity index is 0.000000132. The Kier molecular flexibility index (Phi) is 5.36. The van der Waals surface area contributed by atoms with Crippen molar-refractivity contribution in [1.29, 1.82) is 0 Å². The summed E-state index contributed by atoms with van der Waals surface area (Å²) in [7, 11) is 0. The first-order valence-electron chi connectivity index (χ1n) is 12.9. The van der Waals surface area contributed by atoms with E-state index in [1.54, 1.807) is 24.3 Å². The summed E-state index contributed by atoms with van der Waals surface area (Å²) in [6.45, 7) is 0. The van der Waals surface area contributed by atoms with Gasteiger partial charge < -0.3 is 0 Å². The highest BCUT2D eigenvalue weighted by atomic mass is 16.2. The topological polar surface area (TPSA) is 68.3 Å². The Morgan fingerprint density at radius 1 is 0.275 bits per heavy atom. The summed E-state index contributed by atoms with van der Waals surface area (Å²) >= 11 is 0. The number of carbonyl (C=O) groups is 4. The van der Waals surface area contributed by atoms with Crippen molar-refractivity contribution in [3.63, 3.8) is 0 Å². The van der Waals surface area contributed by atoms with Crippen LogP contribution in [0, 0.1) is 0 Å². The molecule has 4 heteroatoms. The zero-order valence-corrected chi connectivity index (χ0v) is 21.2. The maximum atomic E-state index is 12.4. The molecule has 2 aliphatic rings. The molecular formula is C36H20O4. The number of rotatable bonds is 0. The van der Waals surface area contributed by atoms with E-state index in [0.717, 1.165) is 43.8 Å². The van der Waals surface area contributed by atoms with E-state index in [2.05, 4.69) is 0 Å². The molecule has 0 fully saturated rings. The second-order valence-corrected chi connectivity index (χ2v) is 9.83. The van der Waals surface area contributed by atoms with Crippen molar-refractivity contribution in [2.45, 2.75) is 0 Å². The molecule has 0 saturated carbocycles. The van der Waals surface area contributed by atoms with Crippen molar-refractivity contribution in [3.8, 4) is 22.3 Å². The highest BCUT2D eigenvalue weighted by Crippen LogP contribution is 2.38. The van der Waals surface area contributed by atoms with Crippen LogP contribution in [-0.4, -0.2) is 23.1 Å². The third-order valence-corrected chi connectivity index (χ3v) is 7.65. The monoisotopic (exact) mass is 516 g/mol. The molecule has 0 N–H and O–H groups in total. The van der Waals surface area contributed by atoms with Crippen LogP contribution in [0.5, 0.6) is 0 Å². The quantitative estimate of drug-likeness (QED) is 0.193. The van der Waals surface area contributed by atoms with Gasteiger partial charge in [0.05, 0.1) is 0 Å². The van der Waals surface area contributed by atoms with E-state index in [-0.39, 0.29) is 0 Å². The van der Waals surface area contributed by atoms with Crippen LogP contribution < -0.4 is 0 Å². The van der Waals surface area contributed by atoms with Crippen molar-refractivity contribution in [3.05, 3.63) is 144 Å². The highest BCUT2D eigenvalue weighted by Gasteiger charge is 2.32. The summed E-state index contributed by atoms with van der Waals surface area (Å²) in [6, 6.07) is 37.8. The van der Waals surface area contributed by atoms with Crippen molar-refractivity contribution in [2.75, 3.05) is 0 Å². The van der Waals surface area contributed by atoms with E-state index < -0.39 is 23.1 Å². The van der Waals surface area contributed by atoms with Gasteiger partial charge in [0.15, 0.2) is 0 Å². The van der Waals surface area contributed by atoms with Gasteiger partial charge in [0.25, 0.3) is 0 Å². The minimum Gasteiger partial charge on any atom is -0.285 e. The van der Waals surface area contributed by atoms with Crippen molar-refractivity contribution >= 4 is 44.7 Å². The summed E-state index contributed by atoms with van der Waals surface area (Å²) in [6.07, 6.45) is 0. The van der Waals surface area contributed by atoms with Gasteiger partial charge in [-0.1, -0.05) is 121 Å². The first-order chi connectivity index (χ1) is 19.5. The Labute approximate surface area is 229 Å². The SMILES string of the molecule is O=C1C(=O)c2c(ccc3ccccc23)-c2ccccc21.O=C1C(=O)c2c(ccc3ccccc23)-c2ccccc21. The molecule has 0 atom stereocenters. The van der Waals surface area contributed by atoms with Gasteiger partial charge in [-0.25, -0.2) is 0 Å². The van der Waals surface area contributed by atoms with Crippen molar-refractivity contribution in [1.82, 2.24) is 0 Å². The molecule has 0 aromatic heterocycles. The molecule has 40 heavy (non-hydrogen) atoms. The summed E-state index contributed by atoms with van der Waals surface area (Å²) in [5.74, 6) is -1.64. The largest absolute Gasteiger partial charge is 0.285 e. The van der Waals surface area contributed by atoms with Crippen LogP contribution >= 0.6 is 0 Å². The van der Waals surface area contributed by atoms with Crippen LogP contribution in [0.25, 0.3) is 43.8 Å². The lowest BCUT2D eigenvalue weighted by atomic mass is 9.81. The third kappa shape index (κ3) is 3.47. The lowest BCUT2D eigenvalue weighted by molar-refractivity contribution is 0.0816. The van der Waals surface area contributed by atoms with Crippen LogP contribution in [0.3, 0.4) is 0 Å². The molecular weight excluding hydrogens is 496 g/mol. The molecule has 0 heterocycles. The minimum absolute atomic E-state index is 0.407. The lowest BCUT2D eigenvalue weighted by Gasteiger charge is -2.19. The van der Waals surface area contributed by atoms with Gasteiger partial charge in [-0.2, -0.15) is 0 Å². The molecule has 0 amide bonds. The van der Waals surface area contributed by atoms with Crippen molar-refractivity contribution < 1.29 is 19.2 Å². The molecule has 0 radical (unpaired) electrons. The average Bonchev–Trinajstić information content (AvgIpc) is 3.02. The van der Waals surface area contributed by atoms with Crippen molar-refractivity contribution in [2.24, 2.45) is 0 Å². The van der Waals surface area contributed by atoms with Crippen LogP contribution in [0.4, 0.5) is 0 Å². The lowest BCUT2D eigenvalue weighted by Crippen LogP contribution is -2.21. The zero-order valence-electron chi connectivity index (χ0n) is 21.2. The number of benzene rings is 6. The number of fused-ring (bicyclic) bond motifs is 10. The predicted molar refractivity (Wildman–Crippen MR) is 156 cm³/mol. The maximum Gasteiger partial charge on any atom is 0.234 e. The van der Waals surface area contributed by atoms with Gasteiger partial charge in [0.1, 0.15) is 0 Å². The van der Waals surface area contributed by atoms with Crippen LogP contribution in [0.2, 0.25) is 0 Å². The molecule has 0 aliphatic heterocycles. The number of hydrogen-bond acceptors (Lipinski definition) is 4. The van der Waals surface area contributed by atoms with Gasteiger partial charge in [0.2, 0.25) is 23.1 Å². The predicted octanol–water partition coefficient (Wildman–Crippen LogP) is 7.77. The summed E-state index contributed by atoms with van der Waals surface area (Å²) in [5.41, 5.74) is 5.46. The fourth-order valence-corrected chi connectivity index (χ4v) is 5.78. The minimum atomic E-state index is -0.413. The van der Waals surface area contributed by atoms with Gasteiger partial charge in [-0.3, -0.25) is 19.2 Å². The molecule has 188 valence electrons. The molecule has 0 saturated heterocycles. The van der Waals surface area contributed by atoms with Crippen LogP contribution in [0.15, 0.2) is 121 Å². The summed E-state index contributed by atoms with van der Waals surface area (Å²) < 4.78 is 0. The van der Waals surface area contributed by atoms with E-state index in [9.17, 15) is 19.2 Å². The average molecular weight is 517 g/mol. The molecule has 0 spiro atoms. The smallest absolute Gasteiger partial charge is 0.234 e. The van der Waals surface area contributed by atoms with Gasteiger partial charge in [-0.05, 0) is 43.8 Å². The van der Waals surface area contributed by atoms with E-state index in [4.69, 9.17) is 0 Å². The second-order valence-electron chi connectivity index (χ2n) is 9.83. The van der Waals surface area contributed by atoms with Crippen LogP contribution in [-0.2, 0) is 0 Å². The first kappa shape index (κ1) is 23.6. The highest BCUT2D eigenvalue weighted by molar-refractivity contribution is 6.55. The van der Waals surface area contributed by atoms with Crippen LogP contribution in [0.1, 0.15) is 41.4 Å². The number of carbonyl (C=O) groups excluding carboxylic acids is 4. The summed E-state index contributed by atoms with van der Waals surface area (Å²) in [4.78, 5) is 49.4. The van der Waals surface area contributed by atoms with E-state index in [1.165, 1.54) is 0 Å². The molecule has 6 aromatic carbocycles. The Hall–Kier alpha value is -5.48. The standard InChI is InChI=1S/2C18H10O2/c2*19-17-15-8-4-3-7-13(15)14-10-9-11-5-1-2-6-12(11)16(14)18(17)20/h2*1-10H. The second kappa shape index (κ2) is 9.07. The Morgan fingerprint density at radius 2 is 0.625 bits per heavy atom. The van der Waals surface area contributed by atoms with Gasteiger partial charge in [-0.15, -0.1) is 0 Å². The molecule has 0 bridgehead atoms. The van der Waals surface area contributed by atoms with E-state index >= 15 is 0 Å². The normalized spacial score (nSPS) is 13.2. The van der Waals surface area contributed by atoms with E-state index in [0.29, 0.717) is 22.3 Å².